The second kappa shape index (κ2) is 10.3. The molecule has 0 fully saturated rings. The maximum absolute atomic E-state index is 13.2. The summed E-state index contributed by atoms with van der Waals surface area (Å²) in [5.74, 6) is 2.30. The second-order valence-corrected chi connectivity index (χ2v) is 9.50. The summed E-state index contributed by atoms with van der Waals surface area (Å²) in [6, 6.07) is 5.55. The van der Waals surface area contributed by atoms with Gasteiger partial charge in [0.25, 0.3) is 0 Å². The Morgan fingerprint density at radius 1 is 1.09 bits per heavy atom. The number of aromatic nitrogens is 6. The first-order chi connectivity index (χ1) is 16.4. The number of hydrogen-bond acceptors (Lipinski definition) is 10. The van der Waals surface area contributed by atoms with Crippen molar-refractivity contribution in [1.29, 1.82) is 0 Å². The third kappa shape index (κ3) is 4.82. The van der Waals surface area contributed by atoms with Crippen molar-refractivity contribution in [2.75, 3.05) is 18.9 Å². The van der Waals surface area contributed by atoms with E-state index in [9.17, 15) is 4.39 Å². The number of halogens is 1. The molecule has 12 heteroatoms. The molecule has 2 atom stereocenters. The summed E-state index contributed by atoms with van der Waals surface area (Å²) in [5.41, 5.74) is 1.55. The van der Waals surface area contributed by atoms with Crippen molar-refractivity contribution in [3.63, 3.8) is 0 Å². The number of hydrogen-bond donors (Lipinski definition) is 1. The van der Waals surface area contributed by atoms with Gasteiger partial charge in [0.2, 0.25) is 5.95 Å². The van der Waals surface area contributed by atoms with Crippen LogP contribution in [0.5, 0.6) is 11.5 Å². The standard InChI is InChI=1S/C22H24FN7O2S2/c1-12-11-33-21(26-12)20-27-28-22(30(20)18-16(31-4)7-6-8-17(18)32-5)29-34-14(3)13(2)19-24-9-15(23)10-25-19/h6-11,13-14H,1-5H3,(H,28,29). The number of anilines is 1. The molecule has 0 aliphatic rings. The molecule has 0 spiro atoms. The van der Waals surface area contributed by atoms with Crippen molar-refractivity contribution in [3.05, 3.63) is 53.3 Å². The van der Waals surface area contributed by atoms with Crippen LogP contribution in [0.15, 0.2) is 36.0 Å². The van der Waals surface area contributed by atoms with Crippen molar-refractivity contribution < 1.29 is 13.9 Å². The Hall–Kier alpha value is -3.25. The maximum Gasteiger partial charge on any atom is 0.239 e. The first-order valence-corrected chi connectivity index (χ1v) is 12.2. The molecular formula is C22H24FN7O2S2. The summed E-state index contributed by atoms with van der Waals surface area (Å²) in [6.07, 6.45) is 2.35. The highest BCUT2D eigenvalue weighted by atomic mass is 32.2. The van der Waals surface area contributed by atoms with Crippen molar-refractivity contribution in [2.24, 2.45) is 0 Å². The summed E-state index contributed by atoms with van der Waals surface area (Å²) in [7, 11) is 3.20. The van der Waals surface area contributed by atoms with Crippen LogP contribution in [-0.2, 0) is 0 Å². The zero-order valence-corrected chi connectivity index (χ0v) is 20.9. The lowest BCUT2D eigenvalue weighted by Crippen LogP contribution is -2.15. The number of thiazole rings is 1. The van der Waals surface area contributed by atoms with Gasteiger partial charge in [-0.25, -0.2) is 19.3 Å². The molecule has 1 aromatic carbocycles. The maximum atomic E-state index is 13.2. The van der Waals surface area contributed by atoms with Crippen LogP contribution < -0.4 is 14.2 Å². The highest BCUT2D eigenvalue weighted by Crippen LogP contribution is 2.39. The van der Waals surface area contributed by atoms with Gasteiger partial charge in [-0.1, -0.05) is 19.9 Å². The van der Waals surface area contributed by atoms with Crippen LogP contribution in [0.4, 0.5) is 10.3 Å². The lowest BCUT2D eigenvalue weighted by Gasteiger charge is -2.20. The molecule has 0 amide bonds. The number of benzene rings is 1. The van der Waals surface area contributed by atoms with Gasteiger partial charge in [0.15, 0.2) is 16.6 Å². The molecule has 0 saturated carbocycles. The van der Waals surface area contributed by atoms with Gasteiger partial charge in [0.1, 0.15) is 23.0 Å². The van der Waals surface area contributed by atoms with E-state index in [-0.39, 0.29) is 11.2 Å². The van der Waals surface area contributed by atoms with E-state index >= 15 is 0 Å². The van der Waals surface area contributed by atoms with Crippen LogP contribution in [0.3, 0.4) is 0 Å². The molecule has 4 aromatic rings. The molecule has 2 unspecified atom stereocenters. The molecule has 0 radical (unpaired) electrons. The SMILES string of the molecule is COc1cccc(OC)c1-n1c(NSC(C)C(C)c2ncc(F)cn2)nnc1-c1nc(C)cs1. The monoisotopic (exact) mass is 501 g/mol. The highest BCUT2D eigenvalue weighted by Gasteiger charge is 2.25. The van der Waals surface area contributed by atoms with E-state index in [0.29, 0.717) is 34.8 Å². The topological polar surface area (TPSA) is 99.9 Å². The number of rotatable bonds is 9. The predicted octanol–water partition coefficient (Wildman–Crippen LogP) is 4.90. The van der Waals surface area contributed by atoms with E-state index in [1.165, 1.54) is 35.7 Å². The van der Waals surface area contributed by atoms with Crippen LogP contribution in [-0.4, -0.2) is 49.2 Å². The van der Waals surface area contributed by atoms with Crippen molar-refractivity contribution in [2.45, 2.75) is 31.9 Å². The molecule has 0 saturated heterocycles. The Bertz CT molecular complexity index is 1240. The van der Waals surface area contributed by atoms with Crippen LogP contribution in [0.2, 0.25) is 0 Å². The minimum atomic E-state index is -0.460. The minimum absolute atomic E-state index is 0.0285. The predicted molar refractivity (Wildman–Crippen MR) is 131 cm³/mol. The van der Waals surface area contributed by atoms with Gasteiger partial charge in [0.05, 0.1) is 26.6 Å². The van der Waals surface area contributed by atoms with Crippen LogP contribution in [0.25, 0.3) is 16.5 Å². The highest BCUT2D eigenvalue weighted by molar-refractivity contribution is 8.01. The number of methoxy groups -OCH3 is 2. The fourth-order valence-electron chi connectivity index (χ4n) is 3.22. The van der Waals surface area contributed by atoms with Gasteiger partial charge in [0, 0.05) is 22.2 Å². The summed E-state index contributed by atoms with van der Waals surface area (Å²) >= 11 is 2.92. The molecule has 3 heterocycles. The molecule has 0 aliphatic heterocycles. The summed E-state index contributed by atoms with van der Waals surface area (Å²) in [5, 5.41) is 11.5. The van der Waals surface area contributed by atoms with Crippen molar-refractivity contribution >= 4 is 29.2 Å². The molecule has 178 valence electrons. The molecular weight excluding hydrogens is 477 g/mol. The fraction of sp³-hybridized carbons (Fsp3) is 0.318. The molecule has 34 heavy (non-hydrogen) atoms. The summed E-state index contributed by atoms with van der Waals surface area (Å²) in [6.45, 7) is 5.95. The second-order valence-electron chi connectivity index (χ2n) is 7.46. The Morgan fingerprint density at radius 2 is 1.76 bits per heavy atom. The van der Waals surface area contributed by atoms with Gasteiger partial charge in [-0.05, 0) is 31.0 Å². The number of aryl methyl sites for hydroxylation is 1. The normalized spacial score (nSPS) is 12.9. The molecule has 0 bridgehead atoms. The molecule has 9 nitrogen and oxygen atoms in total. The Kier molecular flexibility index (Phi) is 7.27. The van der Waals surface area contributed by atoms with E-state index in [4.69, 9.17) is 9.47 Å². The third-order valence-electron chi connectivity index (χ3n) is 5.19. The summed E-state index contributed by atoms with van der Waals surface area (Å²) in [4.78, 5) is 12.8. The molecule has 0 aliphatic carbocycles. The van der Waals surface area contributed by atoms with Gasteiger partial charge in [-0.2, -0.15) is 0 Å². The Morgan fingerprint density at radius 3 is 2.35 bits per heavy atom. The lowest BCUT2D eigenvalue weighted by atomic mass is 10.1. The van der Waals surface area contributed by atoms with Gasteiger partial charge < -0.3 is 9.47 Å². The largest absolute Gasteiger partial charge is 0.494 e. The zero-order valence-electron chi connectivity index (χ0n) is 19.3. The van der Waals surface area contributed by atoms with Crippen LogP contribution >= 0.6 is 23.3 Å². The molecule has 4 rings (SSSR count). The van der Waals surface area contributed by atoms with Crippen molar-refractivity contribution in [1.82, 2.24) is 29.7 Å². The fourth-order valence-corrected chi connectivity index (χ4v) is 4.74. The Labute approximate surface area is 204 Å². The first kappa shape index (κ1) is 23.9. The summed E-state index contributed by atoms with van der Waals surface area (Å²) < 4.78 is 29.6. The van der Waals surface area contributed by atoms with E-state index in [1.807, 2.05) is 48.9 Å². The molecule has 1 N–H and O–H groups in total. The first-order valence-electron chi connectivity index (χ1n) is 10.4. The number of para-hydroxylation sites is 1. The van der Waals surface area contributed by atoms with Crippen molar-refractivity contribution in [3.8, 4) is 28.0 Å². The smallest absolute Gasteiger partial charge is 0.239 e. The average molecular weight is 502 g/mol. The number of nitrogens with one attached hydrogen (secondary N) is 1. The lowest BCUT2D eigenvalue weighted by molar-refractivity contribution is 0.391. The van der Waals surface area contributed by atoms with E-state index < -0.39 is 5.82 Å². The van der Waals surface area contributed by atoms with E-state index in [2.05, 4.69) is 29.9 Å². The van der Waals surface area contributed by atoms with Gasteiger partial charge in [-0.15, -0.1) is 21.5 Å². The van der Waals surface area contributed by atoms with E-state index in [1.54, 1.807) is 14.2 Å². The number of nitrogens with zero attached hydrogens (tertiary/aromatic N) is 6. The van der Waals surface area contributed by atoms with Gasteiger partial charge >= 0.3 is 0 Å². The molecule has 3 aromatic heterocycles. The number of ether oxygens (including phenoxy) is 2. The minimum Gasteiger partial charge on any atom is -0.494 e. The van der Waals surface area contributed by atoms with E-state index in [0.717, 1.165) is 10.7 Å². The quantitative estimate of drug-likeness (QED) is 0.321. The van der Waals surface area contributed by atoms with Crippen LogP contribution in [0.1, 0.15) is 31.3 Å². The Balaban J connectivity index is 1.70. The van der Waals surface area contributed by atoms with Crippen LogP contribution in [0, 0.1) is 12.7 Å². The average Bonchev–Trinajstić information content (AvgIpc) is 3.47. The third-order valence-corrected chi connectivity index (χ3v) is 7.22. The zero-order chi connectivity index (χ0) is 24.2. The van der Waals surface area contributed by atoms with Gasteiger partial charge in [-0.3, -0.25) is 9.29 Å².